The van der Waals surface area contributed by atoms with Gasteiger partial charge in [-0.3, -0.25) is 9.88 Å². The van der Waals surface area contributed by atoms with Gasteiger partial charge in [0.25, 0.3) is 0 Å². The van der Waals surface area contributed by atoms with Gasteiger partial charge in [0, 0.05) is 24.0 Å². The summed E-state index contributed by atoms with van der Waals surface area (Å²) in [6.45, 7) is 3.48. The van der Waals surface area contributed by atoms with Gasteiger partial charge in [0.1, 0.15) is 0 Å². The molecule has 0 aliphatic carbocycles. The Hall–Kier alpha value is -1.85. The second-order valence-corrected chi connectivity index (χ2v) is 6.81. The van der Waals surface area contributed by atoms with Crippen molar-refractivity contribution in [2.24, 2.45) is 0 Å². The first-order valence-electron chi connectivity index (χ1n) is 9.12. The molecule has 5 heteroatoms. The van der Waals surface area contributed by atoms with Crippen molar-refractivity contribution in [2.45, 2.75) is 44.2 Å². The van der Waals surface area contributed by atoms with Crippen molar-refractivity contribution in [3.63, 3.8) is 0 Å². The predicted molar refractivity (Wildman–Crippen MR) is 94.5 cm³/mol. The summed E-state index contributed by atoms with van der Waals surface area (Å²) in [7, 11) is 0. The van der Waals surface area contributed by atoms with Gasteiger partial charge in [-0.25, -0.2) is 0 Å². The Morgan fingerprint density at radius 1 is 0.917 bits per heavy atom. The molecule has 0 saturated carbocycles. The van der Waals surface area contributed by atoms with E-state index in [1.165, 1.54) is 38.6 Å². The number of hydrogen-bond acceptors (Lipinski definition) is 5. The normalized spacial score (nSPS) is 23.2. The van der Waals surface area contributed by atoms with Crippen molar-refractivity contribution in [1.82, 2.24) is 25.4 Å². The van der Waals surface area contributed by atoms with E-state index < -0.39 is 0 Å². The van der Waals surface area contributed by atoms with Crippen LogP contribution in [0.2, 0.25) is 0 Å². The van der Waals surface area contributed by atoms with Crippen LogP contribution in [-0.2, 0) is 0 Å². The third-order valence-electron chi connectivity index (χ3n) is 5.32. The molecule has 1 N–H and O–H groups in total. The SMILES string of the molecule is c1cc(-c2ccc(C3CCCCN3C3CCNCC3)nn2)ccn1. The van der Waals surface area contributed by atoms with Gasteiger partial charge >= 0.3 is 0 Å². The fourth-order valence-corrected chi connectivity index (χ4v) is 4.04. The molecule has 1 unspecified atom stereocenters. The molecule has 0 bridgehead atoms. The summed E-state index contributed by atoms with van der Waals surface area (Å²) in [6, 6.07) is 9.36. The van der Waals surface area contributed by atoms with Crippen molar-refractivity contribution < 1.29 is 0 Å². The predicted octanol–water partition coefficient (Wildman–Crippen LogP) is 2.82. The van der Waals surface area contributed by atoms with Crippen molar-refractivity contribution in [1.29, 1.82) is 0 Å². The van der Waals surface area contributed by atoms with Gasteiger partial charge in [-0.05, 0) is 69.6 Å². The molecule has 4 rings (SSSR count). The van der Waals surface area contributed by atoms with E-state index in [-0.39, 0.29) is 0 Å². The first-order valence-corrected chi connectivity index (χ1v) is 9.12. The lowest BCUT2D eigenvalue weighted by Gasteiger charge is -2.42. The fourth-order valence-electron chi connectivity index (χ4n) is 4.04. The van der Waals surface area contributed by atoms with Crippen LogP contribution in [0.1, 0.15) is 43.8 Å². The maximum Gasteiger partial charge on any atom is 0.0930 e. The van der Waals surface area contributed by atoms with Crippen molar-refractivity contribution in [3.8, 4) is 11.3 Å². The number of aromatic nitrogens is 3. The standard InChI is InChI=1S/C19H25N5/c1-2-14-24(16-8-12-21-13-9-16)19(3-1)18-5-4-17(22-23-18)15-6-10-20-11-7-15/h4-7,10-11,16,19,21H,1-3,8-9,12-14H2. The summed E-state index contributed by atoms with van der Waals surface area (Å²) >= 11 is 0. The summed E-state index contributed by atoms with van der Waals surface area (Å²) in [5.41, 5.74) is 3.12. The minimum Gasteiger partial charge on any atom is -0.317 e. The van der Waals surface area contributed by atoms with E-state index in [9.17, 15) is 0 Å². The van der Waals surface area contributed by atoms with Gasteiger partial charge < -0.3 is 5.32 Å². The number of pyridine rings is 1. The smallest absolute Gasteiger partial charge is 0.0930 e. The first kappa shape index (κ1) is 15.7. The lowest BCUT2D eigenvalue weighted by atomic mass is 9.93. The number of likely N-dealkylation sites (tertiary alicyclic amines) is 1. The Morgan fingerprint density at radius 3 is 2.50 bits per heavy atom. The maximum atomic E-state index is 4.60. The van der Waals surface area contributed by atoms with Crippen LogP contribution >= 0.6 is 0 Å². The summed E-state index contributed by atoms with van der Waals surface area (Å²) in [5.74, 6) is 0. The van der Waals surface area contributed by atoms with E-state index in [1.54, 1.807) is 12.4 Å². The van der Waals surface area contributed by atoms with Gasteiger partial charge in [-0.15, -0.1) is 0 Å². The van der Waals surface area contributed by atoms with Crippen LogP contribution < -0.4 is 5.32 Å². The zero-order valence-corrected chi connectivity index (χ0v) is 14.1. The molecule has 2 aromatic rings. The summed E-state index contributed by atoms with van der Waals surface area (Å²) in [5, 5.41) is 12.6. The molecule has 24 heavy (non-hydrogen) atoms. The van der Waals surface area contributed by atoms with Gasteiger partial charge in [0.15, 0.2) is 0 Å². The zero-order valence-electron chi connectivity index (χ0n) is 14.1. The molecular formula is C19H25N5. The Morgan fingerprint density at radius 2 is 1.75 bits per heavy atom. The third-order valence-corrected chi connectivity index (χ3v) is 5.32. The fraction of sp³-hybridized carbons (Fsp3) is 0.526. The molecule has 2 aliphatic heterocycles. The number of rotatable bonds is 3. The zero-order chi connectivity index (χ0) is 16.2. The van der Waals surface area contributed by atoms with E-state index >= 15 is 0 Å². The van der Waals surface area contributed by atoms with Crippen LogP contribution in [0.5, 0.6) is 0 Å². The molecule has 2 saturated heterocycles. The second kappa shape index (κ2) is 7.36. The lowest BCUT2D eigenvalue weighted by molar-refractivity contribution is 0.0733. The third kappa shape index (κ3) is 3.32. The first-order chi connectivity index (χ1) is 11.9. The van der Waals surface area contributed by atoms with Gasteiger partial charge in [0.05, 0.1) is 17.4 Å². The quantitative estimate of drug-likeness (QED) is 0.941. The molecule has 4 heterocycles. The number of hydrogen-bond donors (Lipinski definition) is 1. The van der Waals surface area contributed by atoms with Crippen molar-refractivity contribution in [3.05, 3.63) is 42.4 Å². The number of piperidine rings is 2. The highest BCUT2D eigenvalue weighted by Gasteiger charge is 2.31. The van der Waals surface area contributed by atoms with Crippen LogP contribution in [0, 0.1) is 0 Å². The van der Waals surface area contributed by atoms with Crippen LogP contribution in [0.25, 0.3) is 11.3 Å². The van der Waals surface area contributed by atoms with Crippen molar-refractivity contribution in [2.75, 3.05) is 19.6 Å². The van der Waals surface area contributed by atoms with Crippen molar-refractivity contribution >= 4 is 0 Å². The Bertz CT molecular complexity index is 637. The average Bonchev–Trinajstić information content (AvgIpc) is 2.69. The van der Waals surface area contributed by atoms with E-state index in [0.717, 1.165) is 30.0 Å². The largest absolute Gasteiger partial charge is 0.317 e. The minimum absolute atomic E-state index is 0.431. The van der Waals surface area contributed by atoms with E-state index in [2.05, 4.69) is 37.5 Å². The molecule has 2 aliphatic rings. The Balaban J connectivity index is 1.54. The molecule has 0 radical (unpaired) electrons. The molecule has 0 amide bonds. The average molecular weight is 323 g/mol. The molecule has 126 valence electrons. The van der Waals surface area contributed by atoms with Gasteiger partial charge in [-0.1, -0.05) is 6.42 Å². The van der Waals surface area contributed by atoms with Crippen LogP contribution in [0.15, 0.2) is 36.7 Å². The molecule has 0 aromatic carbocycles. The summed E-state index contributed by atoms with van der Waals surface area (Å²) in [6.07, 6.45) is 9.89. The Kier molecular flexibility index (Phi) is 4.81. The van der Waals surface area contributed by atoms with Gasteiger partial charge in [0.2, 0.25) is 0 Å². The topological polar surface area (TPSA) is 53.9 Å². The van der Waals surface area contributed by atoms with E-state index in [1.807, 2.05) is 12.1 Å². The van der Waals surface area contributed by atoms with Crippen LogP contribution in [-0.4, -0.2) is 45.8 Å². The number of nitrogens with one attached hydrogen (secondary N) is 1. The molecular weight excluding hydrogens is 298 g/mol. The van der Waals surface area contributed by atoms with Gasteiger partial charge in [-0.2, -0.15) is 10.2 Å². The van der Waals surface area contributed by atoms with E-state index in [0.29, 0.717) is 12.1 Å². The monoisotopic (exact) mass is 323 g/mol. The summed E-state index contributed by atoms with van der Waals surface area (Å²) < 4.78 is 0. The molecule has 0 spiro atoms. The summed E-state index contributed by atoms with van der Waals surface area (Å²) in [4.78, 5) is 6.76. The Labute approximate surface area is 143 Å². The minimum atomic E-state index is 0.431. The van der Waals surface area contributed by atoms with Crippen LogP contribution in [0.3, 0.4) is 0 Å². The molecule has 2 fully saturated rings. The molecule has 1 atom stereocenters. The highest BCUT2D eigenvalue weighted by atomic mass is 15.2. The lowest BCUT2D eigenvalue weighted by Crippen LogP contribution is -2.46. The second-order valence-electron chi connectivity index (χ2n) is 6.81. The number of nitrogens with zero attached hydrogens (tertiary/aromatic N) is 4. The van der Waals surface area contributed by atoms with E-state index in [4.69, 9.17) is 0 Å². The van der Waals surface area contributed by atoms with Crippen LogP contribution in [0.4, 0.5) is 0 Å². The molecule has 5 nitrogen and oxygen atoms in total. The highest BCUT2D eigenvalue weighted by molar-refractivity contribution is 5.57. The molecule has 2 aromatic heterocycles. The maximum absolute atomic E-state index is 4.60. The highest BCUT2D eigenvalue weighted by Crippen LogP contribution is 2.33.